The molecule has 3 heteroatoms. The summed E-state index contributed by atoms with van der Waals surface area (Å²) in [4.78, 5) is 0. The Morgan fingerprint density at radius 3 is 1.48 bits per heavy atom. The molecule has 0 bridgehead atoms. The van der Waals surface area contributed by atoms with Crippen molar-refractivity contribution in [1.82, 2.24) is 0 Å². The maximum Gasteiger partial charge on any atom is 0.107 e. The highest BCUT2D eigenvalue weighted by Gasteiger charge is 2.25. The molecule has 0 aromatic rings. The first-order valence-corrected chi connectivity index (χ1v) is 11.3. The number of hydrogen-bond donors (Lipinski definition) is 0. The lowest BCUT2D eigenvalue weighted by Crippen LogP contribution is -2.34. The molecule has 0 heterocycles. The van der Waals surface area contributed by atoms with Gasteiger partial charge in [-0.3, -0.25) is 0 Å². The van der Waals surface area contributed by atoms with Crippen molar-refractivity contribution < 1.29 is 14.2 Å². The van der Waals surface area contributed by atoms with Crippen molar-refractivity contribution in [2.24, 2.45) is 5.41 Å². The van der Waals surface area contributed by atoms with Crippen molar-refractivity contribution in [3.05, 3.63) is 0 Å². The summed E-state index contributed by atoms with van der Waals surface area (Å²) in [6, 6.07) is 0. The Kier molecular flexibility index (Phi) is 19.8. The van der Waals surface area contributed by atoms with E-state index in [1.165, 1.54) is 64.2 Å². The predicted octanol–water partition coefficient (Wildman–Crippen LogP) is 6.40. The topological polar surface area (TPSA) is 27.7 Å². The van der Waals surface area contributed by atoms with E-state index >= 15 is 0 Å². The molecule has 160 valence electrons. The molecule has 0 spiro atoms. The van der Waals surface area contributed by atoms with Crippen LogP contribution in [0.5, 0.6) is 0 Å². The van der Waals surface area contributed by atoms with Gasteiger partial charge in [0.25, 0.3) is 0 Å². The Hall–Kier alpha value is -0.560. The van der Waals surface area contributed by atoms with E-state index in [0.29, 0.717) is 26.4 Å². The standard InChI is InChI=1S/C24H46O3/c1-5-8-10-12-14-16-19-26-22-24(4,21-25-18-7-3)23-27-20-17-15-13-11-9-6-2/h3H,5-6,8-23H2,1-2,4H3. The van der Waals surface area contributed by atoms with Gasteiger partial charge in [0, 0.05) is 18.6 Å². The Morgan fingerprint density at radius 1 is 0.630 bits per heavy atom. The third kappa shape index (κ3) is 18.6. The number of rotatable bonds is 21. The van der Waals surface area contributed by atoms with Crippen LogP contribution < -0.4 is 0 Å². The third-order valence-electron chi connectivity index (χ3n) is 4.82. The molecule has 0 fully saturated rings. The molecule has 0 rings (SSSR count). The van der Waals surface area contributed by atoms with E-state index in [-0.39, 0.29) is 5.41 Å². The summed E-state index contributed by atoms with van der Waals surface area (Å²) in [5.74, 6) is 2.54. The van der Waals surface area contributed by atoms with Crippen molar-refractivity contribution in [3.63, 3.8) is 0 Å². The summed E-state index contributed by atoms with van der Waals surface area (Å²) in [6.45, 7) is 10.6. The Labute approximate surface area is 169 Å². The molecule has 27 heavy (non-hydrogen) atoms. The molecule has 0 amide bonds. The van der Waals surface area contributed by atoms with Crippen molar-refractivity contribution in [2.75, 3.05) is 39.6 Å². The second kappa shape index (κ2) is 20.2. The van der Waals surface area contributed by atoms with Crippen LogP contribution in [0.25, 0.3) is 0 Å². The van der Waals surface area contributed by atoms with Crippen molar-refractivity contribution in [2.45, 2.75) is 97.8 Å². The Morgan fingerprint density at radius 2 is 1.04 bits per heavy atom. The molecule has 0 atom stereocenters. The van der Waals surface area contributed by atoms with Crippen molar-refractivity contribution in [3.8, 4) is 12.3 Å². The van der Waals surface area contributed by atoms with Gasteiger partial charge in [0.2, 0.25) is 0 Å². The molecule has 0 unspecified atom stereocenters. The monoisotopic (exact) mass is 382 g/mol. The van der Waals surface area contributed by atoms with E-state index in [1.807, 2.05) is 0 Å². The molecule has 0 saturated heterocycles. The summed E-state index contributed by atoms with van der Waals surface area (Å²) < 4.78 is 17.5. The largest absolute Gasteiger partial charge is 0.381 e. The van der Waals surface area contributed by atoms with Crippen molar-refractivity contribution >= 4 is 0 Å². The van der Waals surface area contributed by atoms with E-state index in [1.54, 1.807) is 0 Å². The van der Waals surface area contributed by atoms with Gasteiger partial charge in [-0.15, -0.1) is 6.42 Å². The second-order valence-corrected chi connectivity index (χ2v) is 8.15. The summed E-state index contributed by atoms with van der Waals surface area (Å²) in [6.07, 6.45) is 20.7. The Bertz CT molecular complexity index is 315. The first-order valence-electron chi connectivity index (χ1n) is 11.3. The lowest BCUT2D eigenvalue weighted by molar-refractivity contribution is -0.0559. The zero-order chi connectivity index (χ0) is 20.1. The Balaban J connectivity index is 3.89. The molecule has 0 saturated carbocycles. The average molecular weight is 383 g/mol. The van der Waals surface area contributed by atoms with Crippen LogP contribution in [0.1, 0.15) is 97.8 Å². The van der Waals surface area contributed by atoms with Crippen LogP contribution in [-0.4, -0.2) is 39.6 Å². The van der Waals surface area contributed by atoms with Crippen LogP contribution in [0.2, 0.25) is 0 Å². The quantitative estimate of drug-likeness (QED) is 0.170. The fourth-order valence-electron chi connectivity index (χ4n) is 3.09. The van der Waals surface area contributed by atoms with E-state index in [2.05, 4.69) is 26.7 Å². The SMILES string of the molecule is C#CCOCC(C)(COCCCCCCCC)COCCCCCCCC. The van der Waals surface area contributed by atoms with Crippen molar-refractivity contribution in [1.29, 1.82) is 0 Å². The van der Waals surface area contributed by atoms with Gasteiger partial charge in [0.1, 0.15) is 6.61 Å². The van der Waals surface area contributed by atoms with Crippen LogP contribution >= 0.6 is 0 Å². The molecule has 0 aliphatic heterocycles. The summed E-state index contributed by atoms with van der Waals surface area (Å²) in [7, 11) is 0. The van der Waals surface area contributed by atoms with Crippen LogP contribution in [0.3, 0.4) is 0 Å². The predicted molar refractivity (Wildman–Crippen MR) is 116 cm³/mol. The molecule has 0 aromatic heterocycles. The molecule has 0 aromatic carbocycles. The molecule has 0 aliphatic carbocycles. The maximum absolute atomic E-state index is 5.95. The zero-order valence-corrected chi connectivity index (χ0v) is 18.5. The summed E-state index contributed by atoms with van der Waals surface area (Å²) in [5.41, 5.74) is -0.124. The van der Waals surface area contributed by atoms with Gasteiger partial charge >= 0.3 is 0 Å². The summed E-state index contributed by atoms with van der Waals surface area (Å²) in [5, 5.41) is 0. The molecule has 0 N–H and O–H groups in total. The summed E-state index contributed by atoms with van der Waals surface area (Å²) >= 11 is 0. The van der Waals surface area contributed by atoms with Crippen LogP contribution in [0.4, 0.5) is 0 Å². The van der Waals surface area contributed by atoms with E-state index < -0.39 is 0 Å². The smallest absolute Gasteiger partial charge is 0.107 e. The minimum atomic E-state index is -0.124. The number of hydrogen-bond acceptors (Lipinski definition) is 3. The molecular weight excluding hydrogens is 336 g/mol. The van der Waals surface area contributed by atoms with Gasteiger partial charge in [-0.25, -0.2) is 0 Å². The molecule has 0 aliphatic rings. The van der Waals surface area contributed by atoms with E-state index in [0.717, 1.165) is 26.1 Å². The van der Waals surface area contributed by atoms with Gasteiger partial charge in [0.15, 0.2) is 0 Å². The number of unbranched alkanes of at least 4 members (excludes halogenated alkanes) is 10. The van der Waals surface area contributed by atoms with Crippen LogP contribution in [0.15, 0.2) is 0 Å². The molecule has 3 nitrogen and oxygen atoms in total. The molecular formula is C24H46O3. The van der Waals surface area contributed by atoms with E-state index in [9.17, 15) is 0 Å². The highest BCUT2D eigenvalue weighted by molar-refractivity contribution is 4.84. The second-order valence-electron chi connectivity index (χ2n) is 8.15. The molecule has 0 radical (unpaired) electrons. The fraction of sp³-hybridized carbons (Fsp3) is 0.917. The lowest BCUT2D eigenvalue weighted by Gasteiger charge is -2.28. The van der Waals surface area contributed by atoms with E-state index in [4.69, 9.17) is 20.6 Å². The fourth-order valence-corrected chi connectivity index (χ4v) is 3.09. The minimum Gasteiger partial charge on any atom is -0.381 e. The first kappa shape index (κ1) is 26.4. The average Bonchev–Trinajstić information content (AvgIpc) is 2.66. The van der Waals surface area contributed by atoms with Gasteiger partial charge in [-0.2, -0.15) is 0 Å². The van der Waals surface area contributed by atoms with Crippen LogP contribution in [-0.2, 0) is 14.2 Å². The first-order chi connectivity index (χ1) is 13.2. The highest BCUT2D eigenvalue weighted by atomic mass is 16.5. The normalized spacial score (nSPS) is 11.6. The van der Waals surface area contributed by atoms with Gasteiger partial charge in [-0.05, 0) is 12.8 Å². The number of terminal acetylenes is 1. The van der Waals surface area contributed by atoms with Gasteiger partial charge in [-0.1, -0.05) is 90.9 Å². The van der Waals surface area contributed by atoms with Crippen LogP contribution in [0, 0.1) is 17.8 Å². The maximum atomic E-state index is 5.95. The van der Waals surface area contributed by atoms with Gasteiger partial charge in [0.05, 0.1) is 19.8 Å². The van der Waals surface area contributed by atoms with Gasteiger partial charge < -0.3 is 14.2 Å². The minimum absolute atomic E-state index is 0.124. The third-order valence-corrected chi connectivity index (χ3v) is 4.82. The highest BCUT2D eigenvalue weighted by Crippen LogP contribution is 2.19. The lowest BCUT2D eigenvalue weighted by atomic mass is 9.94. The number of ether oxygens (including phenoxy) is 3. The zero-order valence-electron chi connectivity index (χ0n) is 18.5.